The molecule has 5 nitrogen and oxygen atoms in total. The smallest absolute Gasteiger partial charge is 0.191 e. The van der Waals surface area contributed by atoms with Gasteiger partial charge in [0.25, 0.3) is 0 Å². The van der Waals surface area contributed by atoms with Crippen LogP contribution in [0.4, 0.5) is 5.82 Å². The molecule has 0 unspecified atom stereocenters. The maximum atomic E-state index is 6.15. The molecule has 24 heavy (non-hydrogen) atoms. The lowest BCUT2D eigenvalue weighted by atomic mass is 10.00. The van der Waals surface area contributed by atoms with Crippen LogP contribution in [0.5, 0.6) is 0 Å². The number of likely N-dealkylation sites (tertiary alicyclic amines) is 1. The van der Waals surface area contributed by atoms with Crippen LogP contribution in [0.2, 0.25) is 0 Å². The van der Waals surface area contributed by atoms with Crippen LogP contribution >= 0.6 is 0 Å². The SMILES string of the molecule is CC1CCN(C(N)=NCc2ccc(N3CCCCCC3)nc2)CC1. The molecule has 0 amide bonds. The van der Waals surface area contributed by atoms with Gasteiger partial charge in [0.05, 0.1) is 6.54 Å². The van der Waals surface area contributed by atoms with E-state index in [4.69, 9.17) is 5.73 Å². The summed E-state index contributed by atoms with van der Waals surface area (Å²) in [5.74, 6) is 2.59. The number of pyridine rings is 1. The molecule has 5 heteroatoms. The van der Waals surface area contributed by atoms with Crippen molar-refractivity contribution in [2.45, 2.75) is 52.0 Å². The maximum Gasteiger partial charge on any atom is 0.191 e. The molecular formula is C19H31N5. The van der Waals surface area contributed by atoms with E-state index < -0.39 is 0 Å². The Labute approximate surface area is 146 Å². The Hall–Kier alpha value is -1.78. The summed E-state index contributed by atoms with van der Waals surface area (Å²) in [6.07, 6.45) is 9.62. The standard InChI is InChI=1S/C19H31N5/c1-16-8-12-24(13-9-16)19(20)22-15-17-6-7-18(21-14-17)23-10-4-2-3-5-11-23/h6-7,14,16H,2-5,8-13,15H2,1H3,(H2,20,22). The lowest BCUT2D eigenvalue weighted by molar-refractivity contribution is 0.277. The van der Waals surface area contributed by atoms with Gasteiger partial charge in [-0.05, 0) is 43.2 Å². The van der Waals surface area contributed by atoms with E-state index in [-0.39, 0.29) is 0 Å². The highest BCUT2D eigenvalue weighted by atomic mass is 15.3. The molecule has 2 saturated heterocycles. The van der Waals surface area contributed by atoms with Gasteiger partial charge in [0.1, 0.15) is 5.82 Å². The Morgan fingerprint density at radius 3 is 2.46 bits per heavy atom. The number of nitrogens with two attached hydrogens (primary N) is 1. The fourth-order valence-electron chi connectivity index (χ4n) is 3.51. The minimum absolute atomic E-state index is 0.616. The largest absolute Gasteiger partial charge is 0.370 e. The van der Waals surface area contributed by atoms with Crippen LogP contribution < -0.4 is 10.6 Å². The molecule has 1 aromatic heterocycles. The second-order valence-corrected chi connectivity index (χ2v) is 7.27. The van der Waals surface area contributed by atoms with Crippen molar-refractivity contribution in [3.63, 3.8) is 0 Å². The van der Waals surface area contributed by atoms with Gasteiger partial charge in [0, 0.05) is 32.4 Å². The molecule has 2 fully saturated rings. The summed E-state index contributed by atoms with van der Waals surface area (Å²) in [6, 6.07) is 4.28. The highest BCUT2D eigenvalue weighted by Gasteiger charge is 2.17. The third-order valence-electron chi connectivity index (χ3n) is 5.27. The van der Waals surface area contributed by atoms with Gasteiger partial charge in [0.15, 0.2) is 5.96 Å². The number of hydrogen-bond acceptors (Lipinski definition) is 3. The zero-order valence-corrected chi connectivity index (χ0v) is 15.0. The molecule has 2 aliphatic heterocycles. The van der Waals surface area contributed by atoms with Crippen LogP contribution in [0.3, 0.4) is 0 Å². The number of anilines is 1. The summed E-state index contributed by atoms with van der Waals surface area (Å²) in [7, 11) is 0. The van der Waals surface area contributed by atoms with Crippen molar-refractivity contribution >= 4 is 11.8 Å². The predicted octanol–water partition coefficient (Wildman–Crippen LogP) is 3.01. The zero-order valence-electron chi connectivity index (χ0n) is 15.0. The second kappa shape index (κ2) is 8.36. The lowest BCUT2D eigenvalue weighted by Gasteiger charge is -2.31. The number of aromatic nitrogens is 1. The van der Waals surface area contributed by atoms with Gasteiger partial charge in [-0.3, -0.25) is 0 Å². The number of nitrogens with zero attached hydrogens (tertiary/aromatic N) is 4. The molecule has 0 spiro atoms. The molecule has 2 N–H and O–H groups in total. The fourth-order valence-corrected chi connectivity index (χ4v) is 3.51. The highest BCUT2D eigenvalue weighted by Crippen LogP contribution is 2.18. The van der Waals surface area contributed by atoms with Crippen molar-refractivity contribution in [3.05, 3.63) is 23.9 Å². The average molecular weight is 329 g/mol. The summed E-state index contributed by atoms with van der Waals surface area (Å²) in [6.45, 7) is 7.24. The van der Waals surface area contributed by atoms with E-state index in [1.807, 2.05) is 6.20 Å². The van der Waals surface area contributed by atoms with Crippen LogP contribution in [-0.4, -0.2) is 42.0 Å². The van der Waals surface area contributed by atoms with Crippen molar-refractivity contribution in [1.82, 2.24) is 9.88 Å². The maximum absolute atomic E-state index is 6.15. The van der Waals surface area contributed by atoms with E-state index in [1.54, 1.807) is 0 Å². The van der Waals surface area contributed by atoms with Crippen molar-refractivity contribution in [3.8, 4) is 0 Å². The second-order valence-electron chi connectivity index (χ2n) is 7.27. The molecule has 1 aromatic rings. The van der Waals surface area contributed by atoms with Crippen LogP contribution in [-0.2, 0) is 6.54 Å². The predicted molar refractivity (Wildman–Crippen MR) is 100 cm³/mol. The summed E-state index contributed by atoms with van der Waals surface area (Å²) in [5, 5.41) is 0. The fraction of sp³-hybridized carbons (Fsp3) is 0.684. The summed E-state index contributed by atoms with van der Waals surface area (Å²) < 4.78 is 0. The number of piperidine rings is 1. The third-order valence-corrected chi connectivity index (χ3v) is 5.27. The summed E-state index contributed by atoms with van der Waals surface area (Å²) in [4.78, 5) is 13.8. The first-order valence-electron chi connectivity index (χ1n) is 9.47. The lowest BCUT2D eigenvalue weighted by Crippen LogP contribution is -2.42. The normalized spacial score (nSPS) is 21.0. The third kappa shape index (κ3) is 4.62. The highest BCUT2D eigenvalue weighted by molar-refractivity contribution is 5.78. The Balaban J connectivity index is 1.54. The van der Waals surface area contributed by atoms with Gasteiger partial charge in [-0.2, -0.15) is 0 Å². The molecular weight excluding hydrogens is 298 g/mol. The van der Waals surface area contributed by atoms with Crippen LogP contribution in [0.1, 0.15) is 51.0 Å². The van der Waals surface area contributed by atoms with Gasteiger partial charge in [-0.1, -0.05) is 25.8 Å². The van der Waals surface area contributed by atoms with Crippen molar-refractivity contribution in [1.29, 1.82) is 0 Å². The molecule has 0 saturated carbocycles. The van der Waals surface area contributed by atoms with Crippen LogP contribution in [0.15, 0.2) is 23.3 Å². The van der Waals surface area contributed by atoms with E-state index in [2.05, 4.69) is 38.8 Å². The van der Waals surface area contributed by atoms with Gasteiger partial charge in [0.2, 0.25) is 0 Å². The molecule has 132 valence electrons. The molecule has 0 bridgehead atoms. The minimum Gasteiger partial charge on any atom is -0.370 e. The monoisotopic (exact) mass is 329 g/mol. The molecule has 2 aliphatic rings. The van der Waals surface area contributed by atoms with E-state index in [9.17, 15) is 0 Å². The van der Waals surface area contributed by atoms with E-state index in [0.717, 1.165) is 43.5 Å². The van der Waals surface area contributed by atoms with E-state index in [1.165, 1.54) is 38.5 Å². The average Bonchev–Trinajstić information content (AvgIpc) is 2.90. The van der Waals surface area contributed by atoms with Crippen molar-refractivity contribution in [2.24, 2.45) is 16.6 Å². The van der Waals surface area contributed by atoms with Crippen molar-refractivity contribution in [2.75, 3.05) is 31.1 Å². The zero-order chi connectivity index (χ0) is 16.8. The minimum atomic E-state index is 0.616. The Bertz CT molecular complexity index is 523. The molecule has 0 radical (unpaired) electrons. The van der Waals surface area contributed by atoms with Gasteiger partial charge < -0.3 is 15.5 Å². The molecule has 0 aromatic carbocycles. The number of hydrogen-bond donors (Lipinski definition) is 1. The first kappa shape index (κ1) is 17.1. The van der Waals surface area contributed by atoms with Crippen LogP contribution in [0, 0.1) is 5.92 Å². The summed E-state index contributed by atoms with van der Waals surface area (Å²) >= 11 is 0. The van der Waals surface area contributed by atoms with E-state index >= 15 is 0 Å². The number of guanidine groups is 1. The van der Waals surface area contributed by atoms with Crippen LogP contribution in [0.25, 0.3) is 0 Å². The topological polar surface area (TPSA) is 57.8 Å². The Morgan fingerprint density at radius 1 is 1.12 bits per heavy atom. The Kier molecular flexibility index (Phi) is 5.94. The van der Waals surface area contributed by atoms with Gasteiger partial charge >= 0.3 is 0 Å². The van der Waals surface area contributed by atoms with Gasteiger partial charge in [-0.15, -0.1) is 0 Å². The molecule has 3 heterocycles. The summed E-state index contributed by atoms with van der Waals surface area (Å²) in [5.41, 5.74) is 7.28. The number of aliphatic imine (C=N–C) groups is 1. The quantitative estimate of drug-likeness (QED) is 0.684. The first-order valence-corrected chi connectivity index (χ1v) is 9.47. The van der Waals surface area contributed by atoms with Crippen molar-refractivity contribution < 1.29 is 0 Å². The first-order chi connectivity index (χ1) is 11.7. The van der Waals surface area contributed by atoms with E-state index in [0.29, 0.717) is 12.5 Å². The Morgan fingerprint density at radius 2 is 1.83 bits per heavy atom. The van der Waals surface area contributed by atoms with Gasteiger partial charge in [-0.25, -0.2) is 9.98 Å². The molecule has 0 aliphatic carbocycles. The number of rotatable bonds is 3. The molecule has 3 rings (SSSR count). The molecule has 0 atom stereocenters.